The fraction of sp³-hybridized carbons (Fsp3) is 0.404. The van der Waals surface area contributed by atoms with Gasteiger partial charge in [0.2, 0.25) is 0 Å². The number of aliphatic hydroxyl groups is 2. The molecule has 1 heterocycles. The summed E-state index contributed by atoms with van der Waals surface area (Å²) >= 11 is 0. The first-order valence-electron chi connectivity index (χ1n) is 20.1. The van der Waals surface area contributed by atoms with Crippen LogP contribution in [-0.4, -0.2) is 94.6 Å². The Kier molecular flexibility index (Phi) is 11.7. The van der Waals surface area contributed by atoms with Crippen molar-refractivity contribution in [3.8, 4) is 0 Å². The maximum Gasteiger partial charge on any atom is 0.338 e. The van der Waals surface area contributed by atoms with Crippen molar-refractivity contribution < 1.29 is 62.7 Å². The average Bonchev–Trinajstić information content (AvgIpc) is 3.50. The molecule has 2 saturated carbocycles. The van der Waals surface area contributed by atoms with E-state index in [1.165, 1.54) is 26.0 Å². The molecule has 0 bridgehead atoms. The van der Waals surface area contributed by atoms with Gasteiger partial charge in [0.25, 0.3) is 5.91 Å². The van der Waals surface area contributed by atoms with Crippen LogP contribution in [0.1, 0.15) is 79.8 Å². The number of carbonyl (C=O) groups excluding carboxylic acids is 6. The number of esters is 4. The van der Waals surface area contributed by atoms with Crippen molar-refractivity contribution in [3.63, 3.8) is 0 Å². The Morgan fingerprint density at radius 1 is 0.852 bits per heavy atom. The Balaban J connectivity index is 1.37. The summed E-state index contributed by atoms with van der Waals surface area (Å²) in [5, 5.41) is 26.5. The molecule has 1 aliphatic heterocycles. The molecule has 1 amide bonds. The number of Topliss-reactive ketones (excluding diaryl/α,β-unsaturated/α-hetero) is 1. The molecule has 7 rings (SSSR count). The number of ketones is 1. The molecule has 11 atom stereocenters. The highest BCUT2D eigenvalue weighted by Crippen LogP contribution is 2.66. The quantitative estimate of drug-likeness (QED) is 0.138. The van der Waals surface area contributed by atoms with Crippen LogP contribution in [0.15, 0.2) is 114 Å². The van der Waals surface area contributed by atoms with Gasteiger partial charge in [-0.3, -0.25) is 19.2 Å². The van der Waals surface area contributed by atoms with E-state index in [9.17, 15) is 34.2 Å². The molecule has 61 heavy (non-hydrogen) atoms. The molecule has 2 unspecified atom stereocenters. The van der Waals surface area contributed by atoms with Crippen LogP contribution in [0.5, 0.6) is 0 Å². The molecule has 3 aromatic rings. The molecular formula is C47H49NO13. The Labute approximate surface area is 352 Å². The Morgan fingerprint density at radius 2 is 1.44 bits per heavy atom. The summed E-state index contributed by atoms with van der Waals surface area (Å²) in [6.07, 6.45) is -9.27. The highest BCUT2D eigenvalue weighted by atomic mass is 16.6. The van der Waals surface area contributed by atoms with Gasteiger partial charge in [-0.15, -0.1) is 0 Å². The smallest absolute Gasteiger partial charge is 0.338 e. The minimum atomic E-state index is -1.96. The lowest BCUT2D eigenvalue weighted by Crippen LogP contribution is -2.77. The number of amides is 1. The molecule has 0 aromatic heterocycles. The van der Waals surface area contributed by atoms with Crippen molar-refractivity contribution in [2.75, 3.05) is 6.61 Å². The number of fused-ring (bicyclic) bond motifs is 4. The Bertz CT molecular complexity index is 2280. The normalized spacial score (nSPS) is 31.0. The van der Waals surface area contributed by atoms with E-state index < -0.39 is 101 Å². The fourth-order valence-corrected chi connectivity index (χ4v) is 10.0. The number of hydrogen-bond donors (Lipinski definition) is 3. The lowest BCUT2D eigenvalue weighted by molar-refractivity contribution is -0.332. The second-order valence-corrected chi connectivity index (χ2v) is 16.6. The third-order valence-electron chi connectivity index (χ3n) is 13.0. The molecule has 1 saturated heterocycles. The summed E-state index contributed by atoms with van der Waals surface area (Å²) in [5.41, 5.74) is -3.77. The van der Waals surface area contributed by atoms with Crippen molar-refractivity contribution in [2.24, 2.45) is 16.7 Å². The van der Waals surface area contributed by atoms with E-state index in [2.05, 4.69) is 11.9 Å². The first-order chi connectivity index (χ1) is 29.0. The van der Waals surface area contributed by atoms with Gasteiger partial charge in [0.15, 0.2) is 23.6 Å². The maximum atomic E-state index is 15.4. The minimum absolute atomic E-state index is 0.105. The van der Waals surface area contributed by atoms with Gasteiger partial charge in [-0.05, 0) is 61.7 Å². The molecule has 3 aromatic carbocycles. The number of ether oxygens (including phenoxy) is 5. The summed E-state index contributed by atoms with van der Waals surface area (Å²) in [7, 11) is 0. The molecule has 3 N–H and O–H groups in total. The monoisotopic (exact) mass is 835 g/mol. The third kappa shape index (κ3) is 7.25. The van der Waals surface area contributed by atoms with Crippen LogP contribution >= 0.6 is 0 Å². The molecule has 3 aliphatic carbocycles. The lowest BCUT2D eigenvalue weighted by Gasteiger charge is -2.63. The van der Waals surface area contributed by atoms with E-state index in [4.69, 9.17) is 23.7 Å². The second kappa shape index (κ2) is 16.5. The second-order valence-electron chi connectivity index (χ2n) is 16.6. The van der Waals surface area contributed by atoms with Gasteiger partial charge in [-0.2, -0.15) is 0 Å². The van der Waals surface area contributed by atoms with Crippen LogP contribution in [0.25, 0.3) is 0 Å². The first-order valence-corrected chi connectivity index (χ1v) is 20.1. The van der Waals surface area contributed by atoms with E-state index >= 15 is 4.79 Å². The topological polar surface area (TPSA) is 201 Å². The highest BCUT2D eigenvalue weighted by Gasteiger charge is 2.78. The first kappa shape index (κ1) is 43.1. The van der Waals surface area contributed by atoms with Crippen LogP contribution < -0.4 is 5.32 Å². The van der Waals surface area contributed by atoms with Crippen LogP contribution in [-0.2, 0) is 42.9 Å². The zero-order valence-corrected chi connectivity index (χ0v) is 34.5. The van der Waals surface area contributed by atoms with Crippen molar-refractivity contribution >= 4 is 35.6 Å². The summed E-state index contributed by atoms with van der Waals surface area (Å²) < 4.78 is 30.7. The summed E-state index contributed by atoms with van der Waals surface area (Å²) in [6, 6.07) is 23.4. The van der Waals surface area contributed by atoms with Crippen molar-refractivity contribution in [1.82, 2.24) is 5.32 Å². The van der Waals surface area contributed by atoms with Gasteiger partial charge in [0.1, 0.15) is 18.3 Å². The number of benzene rings is 3. The predicted octanol–water partition coefficient (Wildman–Crippen LogP) is 4.54. The zero-order valence-electron chi connectivity index (χ0n) is 34.5. The Hall–Kier alpha value is -5.96. The average molecular weight is 836 g/mol. The van der Waals surface area contributed by atoms with Gasteiger partial charge in [0, 0.05) is 32.3 Å². The Morgan fingerprint density at radius 3 is 1.98 bits per heavy atom. The van der Waals surface area contributed by atoms with Crippen LogP contribution in [0.4, 0.5) is 0 Å². The largest absolute Gasteiger partial charge is 0.457 e. The van der Waals surface area contributed by atoms with E-state index in [0.29, 0.717) is 11.1 Å². The van der Waals surface area contributed by atoms with E-state index in [1.807, 2.05) is 0 Å². The molecule has 320 valence electrons. The van der Waals surface area contributed by atoms with Crippen molar-refractivity contribution in [3.05, 3.63) is 131 Å². The van der Waals surface area contributed by atoms with Crippen LogP contribution in [0, 0.1) is 16.7 Å². The predicted molar refractivity (Wildman–Crippen MR) is 216 cm³/mol. The summed E-state index contributed by atoms with van der Waals surface area (Å²) in [5.74, 6) is -6.21. The van der Waals surface area contributed by atoms with Crippen molar-refractivity contribution in [1.29, 1.82) is 0 Å². The molecular weight excluding hydrogens is 787 g/mol. The summed E-state index contributed by atoms with van der Waals surface area (Å²) in [6.45, 7) is 11.1. The maximum absolute atomic E-state index is 15.4. The van der Waals surface area contributed by atoms with Gasteiger partial charge in [-0.25, -0.2) is 9.59 Å². The third-order valence-corrected chi connectivity index (χ3v) is 13.0. The molecule has 0 spiro atoms. The highest BCUT2D eigenvalue weighted by molar-refractivity contribution is 5.97. The number of carbonyl (C=O) groups is 6. The number of nitrogens with one attached hydrogen (secondary N) is 1. The van der Waals surface area contributed by atoms with Crippen LogP contribution in [0.2, 0.25) is 0 Å². The van der Waals surface area contributed by atoms with E-state index in [0.717, 1.165) is 6.92 Å². The molecule has 4 aliphatic rings. The molecule has 14 heteroatoms. The van der Waals surface area contributed by atoms with Gasteiger partial charge in [0.05, 0.1) is 41.1 Å². The SMILES string of the molecule is C=C(C)[C@@]12C[C@H](OC(=O)[C@H](O)[C@H](NC(=O)c3ccccc3)c3ccccc3)C(C)=C1[C@@H](OC(C)=O)C(=O)[C@@]1(C)C([C@@H]2OC(=O)c2ccccc2)[C@]2(OC(C)=O)COC2C[C@@H]1O. The fourth-order valence-electron chi connectivity index (χ4n) is 10.0. The van der Waals surface area contributed by atoms with E-state index in [1.54, 1.807) is 92.7 Å². The number of hydrogen-bond acceptors (Lipinski definition) is 13. The zero-order chi connectivity index (χ0) is 44.0. The molecule has 14 nitrogen and oxygen atoms in total. The molecule has 0 radical (unpaired) electrons. The molecule has 3 fully saturated rings. The van der Waals surface area contributed by atoms with Gasteiger partial charge in [-0.1, -0.05) is 78.9 Å². The number of rotatable bonds is 11. The van der Waals surface area contributed by atoms with Gasteiger partial charge < -0.3 is 39.2 Å². The van der Waals surface area contributed by atoms with E-state index in [-0.39, 0.29) is 41.7 Å². The minimum Gasteiger partial charge on any atom is -0.457 e. The summed E-state index contributed by atoms with van der Waals surface area (Å²) in [4.78, 5) is 83.4. The van der Waals surface area contributed by atoms with Crippen LogP contribution in [0.3, 0.4) is 0 Å². The van der Waals surface area contributed by atoms with Gasteiger partial charge >= 0.3 is 23.9 Å². The number of aliphatic hydroxyl groups excluding tert-OH is 2. The lowest BCUT2D eigenvalue weighted by atomic mass is 9.51. The van der Waals surface area contributed by atoms with Crippen molar-refractivity contribution in [2.45, 2.75) is 95.7 Å². The standard InChI is InChI=1S/C47H49NO13/c1-25(2)46-23-32(59-44(56)37(52)36(29-16-10-7-11-17-29)48-42(54)30-18-12-8-13-19-30)26(3)35(46)38(58-27(4)49)40(53)45(6)33(51)22-34-47(24-57-34,61-28(5)50)39(45)41(46)60-43(55)31-20-14-9-15-21-31/h7-21,32-34,36-39,41,51-52H,1,22-24H2,2-6H3,(H,48,54)/t32-,33-,34?,36+,37+,38+,39?,41-,45+,46-,47-/m0/s1.